The second kappa shape index (κ2) is 8.80. The molecule has 7 heteroatoms. The SMILES string of the molecule is COc1ccc(C2CCCN2C(=O)COCc2nc3ccccc3s2)c(OC)c1. The fourth-order valence-electron chi connectivity index (χ4n) is 3.77. The van der Waals surface area contributed by atoms with Crippen molar-refractivity contribution in [2.75, 3.05) is 27.4 Å². The maximum atomic E-state index is 12.8. The summed E-state index contributed by atoms with van der Waals surface area (Å²) in [6.07, 6.45) is 1.87. The van der Waals surface area contributed by atoms with E-state index in [4.69, 9.17) is 14.2 Å². The quantitative estimate of drug-likeness (QED) is 0.582. The van der Waals surface area contributed by atoms with Crippen molar-refractivity contribution in [3.8, 4) is 11.5 Å². The Balaban J connectivity index is 1.40. The van der Waals surface area contributed by atoms with Gasteiger partial charge in [0.2, 0.25) is 5.91 Å². The lowest BCUT2D eigenvalue weighted by Gasteiger charge is -2.26. The van der Waals surface area contributed by atoms with Crippen LogP contribution in [0.2, 0.25) is 0 Å². The monoisotopic (exact) mass is 412 g/mol. The Morgan fingerprint density at radius 3 is 2.86 bits per heavy atom. The van der Waals surface area contributed by atoms with E-state index in [-0.39, 0.29) is 18.6 Å². The fraction of sp³-hybridized carbons (Fsp3) is 0.364. The van der Waals surface area contributed by atoms with Gasteiger partial charge < -0.3 is 19.1 Å². The number of para-hydroxylation sites is 1. The van der Waals surface area contributed by atoms with Crippen LogP contribution in [0.1, 0.15) is 29.5 Å². The van der Waals surface area contributed by atoms with Crippen molar-refractivity contribution in [3.05, 3.63) is 53.0 Å². The van der Waals surface area contributed by atoms with E-state index in [1.54, 1.807) is 25.6 Å². The van der Waals surface area contributed by atoms with Gasteiger partial charge in [0.15, 0.2) is 0 Å². The van der Waals surface area contributed by atoms with Crippen molar-refractivity contribution in [2.24, 2.45) is 0 Å². The Labute approximate surface area is 174 Å². The largest absolute Gasteiger partial charge is 0.497 e. The average Bonchev–Trinajstić information content (AvgIpc) is 3.39. The second-order valence-electron chi connectivity index (χ2n) is 6.92. The van der Waals surface area contributed by atoms with Gasteiger partial charge in [-0.05, 0) is 37.1 Å². The Hall–Kier alpha value is -2.64. The molecule has 1 unspecified atom stereocenters. The minimum atomic E-state index is -0.00789. The summed E-state index contributed by atoms with van der Waals surface area (Å²) in [4.78, 5) is 19.3. The molecule has 2 aromatic carbocycles. The van der Waals surface area contributed by atoms with Crippen LogP contribution in [0.4, 0.5) is 0 Å². The third kappa shape index (κ3) is 4.21. The first-order valence-corrected chi connectivity index (χ1v) is 10.4. The summed E-state index contributed by atoms with van der Waals surface area (Å²) in [6.45, 7) is 1.11. The number of thiazole rings is 1. The second-order valence-corrected chi connectivity index (χ2v) is 8.04. The minimum Gasteiger partial charge on any atom is -0.497 e. The zero-order valence-corrected chi connectivity index (χ0v) is 17.4. The van der Waals surface area contributed by atoms with E-state index < -0.39 is 0 Å². The van der Waals surface area contributed by atoms with Crippen molar-refractivity contribution >= 4 is 27.5 Å². The molecule has 1 aromatic heterocycles. The van der Waals surface area contributed by atoms with Crippen LogP contribution in [0, 0.1) is 0 Å². The van der Waals surface area contributed by atoms with E-state index >= 15 is 0 Å². The molecule has 0 saturated carbocycles. The van der Waals surface area contributed by atoms with Crippen molar-refractivity contribution in [1.29, 1.82) is 0 Å². The van der Waals surface area contributed by atoms with Crippen molar-refractivity contribution in [1.82, 2.24) is 9.88 Å². The Morgan fingerprint density at radius 2 is 2.07 bits per heavy atom. The number of nitrogens with zero attached hydrogens (tertiary/aromatic N) is 2. The predicted molar refractivity (Wildman–Crippen MR) is 113 cm³/mol. The summed E-state index contributed by atoms with van der Waals surface area (Å²) in [5.41, 5.74) is 1.97. The van der Waals surface area contributed by atoms with Crippen LogP contribution in [-0.4, -0.2) is 43.2 Å². The van der Waals surface area contributed by atoms with Crippen LogP contribution < -0.4 is 9.47 Å². The molecule has 0 spiro atoms. The van der Waals surface area contributed by atoms with Gasteiger partial charge in [-0.1, -0.05) is 12.1 Å². The van der Waals surface area contributed by atoms with Crippen molar-refractivity contribution < 1.29 is 19.0 Å². The number of methoxy groups -OCH3 is 2. The van der Waals surface area contributed by atoms with Gasteiger partial charge in [0.05, 0.1) is 37.1 Å². The first-order chi connectivity index (χ1) is 14.2. The number of likely N-dealkylation sites (tertiary alicyclic amines) is 1. The van der Waals surface area contributed by atoms with E-state index in [1.807, 2.05) is 47.4 Å². The zero-order chi connectivity index (χ0) is 20.2. The molecule has 0 aliphatic carbocycles. The highest BCUT2D eigenvalue weighted by atomic mass is 32.1. The summed E-state index contributed by atoms with van der Waals surface area (Å²) in [5, 5.41) is 0.883. The zero-order valence-electron chi connectivity index (χ0n) is 16.6. The number of fused-ring (bicyclic) bond motifs is 1. The third-order valence-corrected chi connectivity index (χ3v) is 6.17. The Bertz CT molecular complexity index is 970. The van der Waals surface area contributed by atoms with Gasteiger partial charge in [-0.3, -0.25) is 4.79 Å². The molecule has 1 amide bonds. The van der Waals surface area contributed by atoms with Crippen molar-refractivity contribution in [2.45, 2.75) is 25.5 Å². The topological polar surface area (TPSA) is 60.9 Å². The van der Waals surface area contributed by atoms with Gasteiger partial charge >= 0.3 is 0 Å². The van der Waals surface area contributed by atoms with E-state index in [1.165, 1.54) is 0 Å². The van der Waals surface area contributed by atoms with E-state index in [0.717, 1.165) is 51.7 Å². The number of benzene rings is 2. The van der Waals surface area contributed by atoms with Crippen LogP contribution in [0.25, 0.3) is 10.2 Å². The highest BCUT2D eigenvalue weighted by Gasteiger charge is 2.32. The molecule has 1 saturated heterocycles. The molecule has 1 atom stereocenters. The molecule has 0 N–H and O–H groups in total. The predicted octanol–water partition coefficient (Wildman–Crippen LogP) is 4.19. The van der Waals surface area contributed by atoms with Crippen LogP contribution in [0.15, 0.2) is 42.5 Å². The molecule has 6 nitrogen and oxygen atoms in total. The molecule has 0 radical (unpaired) electrons. The van der Waals surface area contributed by atoms with Gasteiger partial charge in [0.1, 0.15) is 23.1 Å². The fourth-order valence-corrected chi connectivity index (χ4v) is 4.68. The van der Waals surface area contributed by atoms with Crippen LogP contribution in [0.5, 0.6) is 11.5 Å². The standard InChI is InChI=1S/C22H24N2O4S/c1-26-15-9-10-16(19(12-15)27-2)18-7-5-11-24(18)22(25)14-28-13-21-23-17-6-3-4-8-20(17)29-21/h3-4,6,8-10,12,18H,5,7,11,13-14H2,1-2H3. The molecular formula is C22H24N2O4S. The molecule has 1 fully saturated rings. The smallest absolute Gasteiger partial charge is 0.249 e. The first kappa shape index (κ1) is 19.7. The molecular weight excluding hydrogens is 388 g/mol. The number of rotatable bonds is 7. The minimum absolute atomic E-state index is 0.00518. The van der Waals surface area contributed by atoms with Crippen LogP contribution in [-0.2, 0) is 16.1 Å². The number of ether oxygens (including phenoxy) is 3. The van der Waals surface area contributed by atoms with Gasteiger partial charge in [0.25, 0.3) is 0 Å². The Morgan fingerprint density at radius 1 is 1.21 bits per heavy atom. The maximum absolute atomic E-state index is 12.8. The lowest BCUT2D eigenvalue weighted by Crippen LogP contribution is -2.33. The van der Waals surface area contributed by atoms with Crippen LogP contribution >= 0.6 is 11.3 Å². The number of hydrogen-bond donors (Lipinski definition) is 0. The number of hydrogen-bond acceptors (Lipinski definition) is 6. The van der Waals surface area contributed by atoms with Gasteiger partial charge in [-0.25, -0.2) is 4.98 Å². The summed E-state index contributed by atoms with van der Waals surface area (Å²) in [7, 11) is 3.27. The van der Waals surface area contributed by atoms with Crippen molar-refractivity contribution in [3.63, 3.8) is 0 Å². The molecule has 152 valence electrons. The summed E-state index contributed by atoms with van der Waals surface area (Å²) < 4.78 is 17.7. The number of amides is 1. The summed E-state index contributed by atoms with van der Waals surface area (Å²) in [6, 6.07) is 13.7. The lowest BCUT2D eigenvalue weighted by molar-refractivity contribution is -0.137. The molecule has 0 bridgehead atoms. The van der Waals surface area contributed by atoms with E-state index in [9.17, 15) is 4.79 Å². The van der Waals surface area contributed by atoms with Crippen LogP contribution in [0.3, 0.4) is 0 Å². The number of aromatic nitrogens is 1. The number of carbonyl (C=O) groups is 1. The molecule has 1 aliphatic heterocycles. The average molecular weight is 413 g/mol. The number of carbonyl (C=O) groups excluding carboxylic acids is 1. The Kier molecular flexibility index (Phi) is 5.97. The van der Waals surface area contributed by atoms with E-state index in [0.29, 0.717) is 6.61 Å². The molecule has 2 heterocycles. The third-order valence-electron chi connectivity index (χ3n) is 5.16. The van der Waals surface area contributed by atoms with Gasteiger partial charge in [0, 0.05) is 18.2 Å². The highest BCUT2D eigenvalue weighted by Crippen LogP contribution is 2.38. The van der Waals surface area contributed by atoms with Gasteiger partial charge in [-0.2, -0.15) is 0 Å². The highest BCUT2D eigenvalue weighted by molar-refractivity contribution is 7.18. The lowest BCUT2D eigenvalue weighted by atomic mass is 10.0. The van der Waals surface area contributed by atoms with Gasteiger partial charge in [-0.15, -0.1) is 11.3 Å². The first-order valence-electron chi connectivity index (χ1n) is 9.63. The maximum Gasteiger partial charge on any atom is 0.249 e. The molecule has 3 aromatic rings. The normalized spacial score (nSPS) is 16.3. The molecule has 1 aliphatic rings. The van der Waals surface area contributed by atoms with E-state index in [2.05, 4.69) is 4.98 Å². The summed E-state index contributed by atoms with van der Waals surface area (Å²) >= 11 is 1.60. The molecule has 29 heavy (non-hydrogen) atoms. The molecule has 4 rings (SSSR count). The summed E-state index contributed by atoms with van der Waals surface area (Å²) in [5.74, 6) is 1.47.